The SMILES string of the molecule is COc1cccc2c1[nH]c(=S)n2-c1ccccc1Cl. The third kappa shape index (κ3) is 1.93. The molecule has 3 nitrogen and oxygen atoms in total. The quantitative estimate of drug-likeness (QED) is 0.711. The van der Waals surface area contributed by atoms with E-state index in [2.05, 4.69) is 4.98 Å². The summed E-state index contributed by atoms with van der Waals surface area (Å²) in [6.45, 7) is 0. The highest BCUT2D eigenvalue weighted by molar-refractivity contribution is 7.71. The predicted octanol–water partition coefficient (Wildman–Crippen LogP) is 4.35. The van der Waals surface area contributed by atoms with Gasteiger partial charge in [0, 0.05) is 0 Å². The highest BCUT2D eigenvalue weighted by atomic mass is 35.5. The van der Waals surface area contributed by atoms with Gasteiger partial charge in [0.1, 0.15) is 11.3 Å². The molecule has 0 bridgehead atoms. The van der Waals surface area contributed by atoms with Gasteiger partial charge in [-0.1, -0.05) is 29.8 Å². The molecule has 0 radical (unpaired) electrons. The number of para-hydroxylation sites is 2. The highest BCUT2D eigenvalue weighted by Gasteiger charge is 2.11. The van der Waals surface area contributed by atoms with E-state index in [1.165, 1.54) is 0 Å². The van der Waals surface area contributed by atoms with Crippen molar-refractivity contribution < 1.29 is 4.74 Å². The van der Waals surface area contributed by atoms with Crippen LogP contribution in [0.25, 0.3) is 16.7 Å². The molecule has 0 fully saturated rings. The number of halogens is 1. The van der Waals surface area contributed by atoms with Crippen LogP contribution in [0, 0.1) is 4.77 Å². The summed E-state index contributed by atoms with van der Waals surface area (Å²) in [6, 6.07) is 13.4. The molecule has 0 aliphatic heterocycles. The lowest BCUT2D eigenvalue weighted by Crippen LogP contribution is -1.94. The van der Waals surface area contributed by atoms with Crippen LogP contribution in [0.15, 0.2) is 42.5 Å². The molecule has 1 heterocycles. The van der Waals surface area contributed by atoms with Crippen molar-refractivity contribution in [2.24, 2.45) is 0 Å². The second kappa shape index (κ2) is 4.72. The molecule has 0 amide bonds. The van der Waals surface area contributed by atoms with Gasteiger partial charge in [-0.3, -0.25) is 4.57 Å². The summed E-state index contributed by atoms with van der Waals surface area (Å²) in [5.41, 5.74) is 2.67. The highest BCUT2D eigenvalue weighted by Crippen LogP contribution is 2.29. The summed E-state index contributed by atoms with van der Waals surface area (Å²) in [7, 11) is 1.64. The molecule has 0 saturated heterocycles. The van der Waals surface area contributed by atoms with Gasteiger partial charge in [0.05, 0.1) is 23.3 Å². The maximum atomic E-state index is 6.25. The largest absolute Gasteiger partial charge is 0.494 e. The number of hydrogen-bond donors (Lipinski definition) is 1. The molecule has 0 atom stereocenters. The summed E-state index contributed by atoms with van der Waals surface area (Å²) in [5.74, 6) is 0.759. The number of aromatic nitrogens is 2. The summed E-state index contributed by atoms with van der Waals surface area (Å²) in [6.07, 6.45) is 0. The van der Waals surface area contributed by atoms with Crippen LogP contribution in [0.3, 0.4) is 0 Å². The van der Waals surface area contributed by atoms with Crippen LogP contribution < -0.4 is 4.74 Å². The fourth-order valence-electron chi connectivity index (χ4n) is 2.15. The number of rotatable bonds is 2. The molecule has 5 heteroatoms. The zero-order chi connectivity index (χ0) is 13.4. The smallest absolute Gasteiger partial charge is 0.182 e. The van der Waals surface area contributed by atoms with E-state index < -0.39 is 0 Å². The van der Waals surface area contributed by atoms with Crippen molar-refractivity contribution in [1.82, 2.24) is 9.55 Å². The van der Waals surface area contributed by atoms with Crippen LogP contribution in [-0.2, 0) is 0 Å². The van der Waals surface area contributed by atoms with E-state index in [0.717, 1.165) is 22.5 Å². The van der Waals surface area contributed by atoms with Crippen molar-refractivity contribution in [1.29, 1.82) is 0 Å². The molecule has 0 unspecified atom stereocenters. The molecule has 0 spiro atoms. The molecule has 2 aromatic carbocycles. The van der Waals surface area contributed by atoms with Crippen LogP contribution in [-0.4, -0.2) is 16.7 Å². The van der Waals surface area contributed by atoms with Crippen LogP contribution in [0.1, 0.15) is 0 Å². The Hall–Kier alpha value is -1.78. The monoisotopic (exact) mass is 290 g/mol. The van der Waals surface area contributed by atoms with Crippen molar-refractivity contribution in [3.05, 3.63) is 52.3 Å². The van der Waals surface area contributed by atoms with E-state index in [4.69, 9.17) is 28.6 Å². The Bertz CT molecular complexity index is 807. The Morgan fingerprint density at radius 2 is 1.95 bits per heavy atom. The number of nitrogens with zero attached hydrogens (tertiary/aromatic N) is 1. The van der Waals surface area contributed by atoms with Crippen molar-refractivity contribution in [2.75, 3.05) is 7.11 Å². The van der Waals surface area contributed by atoms with E-state index in [9.17, 15) is 0 Å². The van der Waals surface area contributed by atoms with Crippen LogP contribution >= 0.6 is 23.8 Å². The Kier molecular flexibility index (Phi) is 3.05. The first-order chi connectivity index (χ1) is 9.22. The first-order valence-electron chi connectivity index (χ1n) is 5.75. The van der Waals surface area contributed by atoms with Crippen LogP contribution in [0.2, 0.25) is 5.02 Å². The summed E-state index contributed by atoms with van der Waals surface area (Å²) >= 11 is 11.6. The lowest BCUT2D eigenvalue weighted by atomic mass is 10.2. The predicted molar refractivity (Wildman–Crippen MR) is 80.0 cm³/mol. The minimum absolute atomic E-state index is 0.590. The molecular weight excluding hydrogens is 280 g/mol. The molecule has 1 aromatic heterocycles. The average Bonchev–Trinajstić information content (AvgIpc) is 2.75. The fraction of sp³-hybridized carbons (Fsp3) is 0.0714. The van der Waals surface area contributed by atoms with Gasteiger partial charge in [-0.25, -0.2) is 0 Å². The normalized spacial score (nSPS) is 10.8. The maximum Gasteiger partial charge on any atom is 0.182 e. The topological polar surface area (TPSA) is 29.9 Å². The van der Waals surface area contributed by atoms with E-state index in [0.29, 0.717) is 9.79 Å². The van der Waals surface area contributed by atoms with E-state index in [1.54, 1.807) is 7.11 Å². The first-order valence-corrected chi connectivity index (χ1v) is 6.53. The van der Waals surface area contributed by atoms with Gasteiger partial charge in [0.15, 0.2) is 4.77 Å². The van der Waals surface area contributed by atoms with Crippen molar-refractivity contribution in [3.8, 4) is 11.4 Å². The third-order valence-electron chi connectivity index (χ3n) is 2.99. The zero-order valence-electron chi connectivity index (χ0n) is 10.2. The molecule has 19 heavy (non-hydrogen) atoms. The fourth-order valence-corrected chi connectivity index (χ4v) is 2.67. The van der Waals surface area contributed by atoms with Gasteiger partial charge in [0.25, 0.3) is 0 Å². The van der Waals surface area contributed by atoms with Crippen molar-refractivity contribution in [2.45, 2.75) is 0 Å². The number of fused-ring (bicyclic) bond motifs is 1. The number of H-pyrrole nitrogens is 1. The van der Waals surface area contributed by atoms with Gasteiger partial charge >= 0.3 is 0 Å². The van der Waals surface area contributed by atoms with Gasteiger partial charge in [-0.15, -0.1) is 0 Å². The summed E-state index contributed by atoms with van der Waals surface area (Å²) in [5, 5.41) is 0.655. The number of methoxy groups -OCH3 is 1. The number of benzene rings is 2. The minimum atomic E-state index is 0.590. The molecular formula is C14H11ClN2OS. The van der Waals surface area contributed by atoms with Gasteiger partial charge < -0.3 is 9.72 Å². The number of ether oxygens (including phenoxy) is 1. The Morgan fingerprint density at radius 1 is 1.16 bits per heavy atom. The van der Waals surface area contributed by atoms with Crippen molar-refractivity contribution >= 4 is 34.9 Å². The molecule has 0 aliphatic rings. The Morgan fingerprint density at radius 3 is 2.68 bits per heavy atom. The number of hydrogen-bond acceptors (Lipinski definition) is 2. The maximum absolute atomic E-state index is 6.25. The molecule has 3 aromatic rings. The van der Waals surface area contributed by atoms with Crippen LogP contribution in [0.5, 0.6) is 5.75 Å². The second-order valence-corrected chi connectivity index (χ2v) is 4.87. The van der Waals surface area contributed by atoms with E-state index in [1.807, 2.05) is 47.0 Å². The number of aromatic amines is 1. The van der Waals surface area contributed by atoms with E-state index in [-0.39, 0.29) is 0 Å². The Balaban J connectivity index is 2.40. The molecule has 1 N–H and O–H groups in total. The Labute approximate surface area is 120 Å². The molecule has 3 rings (SSSR count). The molecule has 96 valence electrons. The second-order valence-electron chi connectivity index (χ2n) is 4.07. The number of imidazole rings is 1. The summed E-state index contributed by atoms with van der Waals surface area (Å²) in [4.78, 5) is 3.17. The lowest BCUT2D eigenvalue weighted by molar-refractivity contribution is 0.419. The molecule has 0 saturated carbocycles. The van der Waals surface area contributed by atoms with Crippen molar-refractivity contribution in [3.63, 3.8) is 0 Å². The van der Waals surface area contributed by atoms with Gasteiger partial charge in [-0.2, -0.15) is 0 Å². The average molecular weight is 291 g/mol. The zero-order valence-corrected chi connectivity index (χ0v) is 11.8. The van der Waals surface area contributed by atoms with Gasteiger partial charge in [-0.05, 0) is 36.5 Å². The summed E-state index contributed by atoms with van der Waals surface area (Å²) < 4.78 is 7.84. The third-order valence-corrected chi connectivity index (χ3v) is 3.60. The van der Waals surface area contributed by atoms with E-state index >= 15 is 0 Å². The standard InChI is InChI=1S/C14H11ClN2OS/c1-18-12-8-4-7-11-13(12)16-14(19)17(11)10-6-3-2-5-9(10)15/h2-8H,1H3,(H,16,19). The van der Waals surface area contributed by atoms with Crippen LogP contribution in [0.4, 0.5) is 0 Å². The molecule has 0 aliphatic carbocycles. The minimum Gasteiger partial charge on any atom is -0.494 e. The number of nitrogens with one attached hydrogen (secondary N) is 1. The lowest BCUT2D eigenvalue weighted by Gasteiger charge is -2.07. The first kappa shape index (κ1) is 12.3. The van der Waals surface area contributed by atoms with Gasteiger partial charge in [0.2, 0.25) is 0 Å².